The van der Waals surface area contributed by atoms with Crippen molar-refractivity contribution in [2.45, 2.75) is 46.2 Å². The van der Waals surface area contributed by atoms with Gasteiger partial charge in [-0.15, -0.1) is 0 Å². The smallest absolute Gasteiger partial charge is 0.257 e. The Balaban J connectivity index is 3.06. The third-order valence-corrected chi connectivity index (χ3v) is 3.20. The molecule has 1 amide bonds. The van der Waals surface area contributed by atoms with Crippen molar-refractivity contribution in [1.29, 1.82) is 0 Å². The number of nitrogens with zero attached hydrogens (tertiary/aromatic N) is 3. The summed E-state index contributed by atoms with van der Waals surface area (Å²) in [6, 6.07) is 0.0230. The molecule has 0 aliphatic carbocycles. The standard InChI is InChI=1S/C13H24N4O/c1-9(7-14)16(6)12(18)11-8-15-17(10(11)2)13(3,4)5/h8-9H,7,14H2,1-6H3. The van der Waals surface area contributed by atoms with Crippen LogP contribution in [0.5, 0.6) is 0 Å². The maximum absolute atomic E-state index is 12.3. The molecule has 0 radical (unpaired) electrons. The lowest BCUT2D eigenvalue weighted by atomic mass is 10.1. The molecule has 1 atom stereocenters. The normalized spacial score (nSPS) is 13.5. The molecule has 2 N–H and O–H groups in total. The fourth-order valence-corrected chi connectivity index (χ4v) is 1.84. The van der Waals surface area contributed by atoms with Gasteiger partial charge in [0.1, 0.15) is 0 Å². The van der Waals surface area contributed by atoms with Crippen LogP contribution in [0.3, 0.4) is 0 Å². The summed E-state index contributed by atoms with van der Waals surface area (Å²) in [6.45, 7) is 10.5. The van der Waals surface area contributed by atoms with Gasteiger partial charge in [-0.25, -0.2) is 0 Å². The van der Waals surface area contributed by atoms with Crippen molar-refractivity contribution in [3.63, 3.8) is 0 Å². The predicted octanol–water partition coefficient (Wildman–Crippen LogP) is 1.37. The molecule has 1 rings (SSSR count). The summed E-state index contributed by atoms with van der Waals surface area (Å²) in [5.41, 5.74) is 7.00. The van der Waals surface area contributed by atoms with Gasteiger partial charge in [-0.3, -0.25) is 9.48 Å². The van der Waals surface area contributed by atoms with Gasteiger partial charge in [-0.1, -0.05) is 0 Å². The highest BCUT2D eigenvalue weighted by Crippen LogP contribution is 2.19. The molecule has 0 aromatic carbocycles. The summed E-state index contributed by atoms with van der Waals surface area (Å²) in [5, 5.41) is 4.31. The van der Waals surface area contributed by atoms with Crippen LogP contribution < -0.4 is 5.73 Å². The first-order valence-electron chi connectivity index (χ1n) is 6.22. The van der Waals surface area contributed by atoms with E-state index in [1.165, 1.54) is 0 Å². The number of hydrogen-bond donors (Lipinski definition) is 1. The highest BCUT2D eigenvalue weighted by Gasteiger charge is 2.24. The molecule has 0 aliphatic heterocycles. The van der Waals surface area contributed by atoms with Crippen LogP contribution in [0.25, 0.3) is 0 Å². The Hall–Kier alpha value is -1.36. The van der Waals surface area contributed by atoms with E-state index < -0.39 is 0 Å². The summed E-state index contributed by atoms with van der Waals surface area (Å²) in [4.78, 5) is 14.0. The summed E-state index contributed by atoms with van der Waals surface area (Å²) >= 11 is 0. The summed E-state index contributed by atoms with van der Waals surface area (Å²) in [5.74, 6) is -0.0269. The molecule has 0 saturated heterocycles. The molecular weight excluding hydrogens is 228 g/mol. The maximum Gasteiger partial charge on any atom is 0.257 e. The number of hydrogen-bond acceptors (Lipinski definition) is 3. The molecule has 1 aromatic heterocycles. The number of aromatic nitrogens is 2. The average Bonchev–Trinajstić information content (AvgIpc) is 2.67. The fourth-order valence-electron chi connectivity index (χ4n) is 1.84. The predicted molar refractivity (Wildman–Crippen MR) is 72.6 cm³/mol. The van der Waals surface area contributed by atoms with E-state index >= 15 is 0 Å². The minimum absolute atomic E-state index is 0.0230. The Bertz CT molecular complexity index is 431. The lowest BCUT2D eigenvalue weighted by Crippen LogP contribution is -2.40. The molecule has 0 saturated carbocycles. The van der Waals surface area contributed by atoms with Gasteiger partial charge in [0.15, 0.2) is 0 Å². The summed E-state index contributed by atoms with van der Waals surface area (Å²) < 4.78 is 1.88. The molecule has 0 bridgehead atoms. The van der Waals surface area contributed by atoms with Crippen LogP contribution in [0.1, 0.15) is 43.7 Å². The second-order valence-electron chi connectivity index (χ2n) is 5.73. The van der Waals surface area contributed by atoms with Crippen molar-refractivity contribution >= 4 is 5.91 Å². The van der Waals surface area contributed by atoms with E-state index in [2.05, 4.69) is 25.9 Å². The molecule has 1 unspecified atom stereocenters. The highest BCUT2D eigenvalue weighted by atomic mass is 16.2. The van der Waals surface area contributed by atoms with Crippen LogP contribution in [0.4, 0.5) is 0 Å². The van der Waals surface area contributed by atoms with Crippen LogP contribution in [0.15, 0.2) is 6.20 Å². The van der Waals surface area contributed by atoms with Crippen molar-refractivity contribution in [2.24, 2.45) is 5.73 Å². The van der Waals surface area contributed by atoms with Gasteiger partial charge >= 0.3 is 0 Å². The average molecular weight is 252 g/mol. The van der Waals surface area contributed by atoms with Gasteiger partial charge < -0.3 is 10.6 Å². The SMILES string of the molecule is Cc1c(C(=O)N(C)C(C)CN)cnn1C(C)(C)C. The molecule has 0 aliphatic rings. The van der Waals surface area contributed by atoms with Crippen LogP contribution >= 0.6 is 0 Å². The Kier molecular flexibility index (Phi) is 4.16. The Morgan fingerprint density at radius 2 is 2.11 bits per heavy atom. The largest absolute Gasteiger partial charge is 0.338 e. The number of carbonyl (C=O) groups excluding carboxylic acids is 1. The van der Waals surface area contributed by atoms with Crippen molar-refractivity contribution in [3.05, 3.63) is 17.5 Å². The first-order valence-corrected chi connectivity index (χ1v) is 6.22. The van der Waals surface area contributed by atoms with Crippen molar-refractivity contribution in [2.75, 3.05) is 13.6 Å². The monoisotopic (exact) mass is 252 g/mol. The third kappa shape index (κ3) is 2.72. The summed E-state index contributed by atoms with van der Waals surface area (Å²) in [7, 11) is 1.77. The van der Waals surface area contributed by atoms with Gasteiger partial charge in [-0.2, -0.15) is 5.10 Å². The quantitative estimate of drug-likeness (QED) is 0.883. The number of carbonyl (C=O) groups is 1. The molecule has 18 heavy (non-hydrogen) atoms. The molecule has 1 aromatic rings. The fraction of sp³-hybridized carbons (Fsp3) is 0.692. The maximum atomic E-state index is 12.3. The van der Waals surface area contributed by atoms with E-state index in [0.29, 0.717) is 12.1 Å². The zero-order chi connectivity index (χ0) is 14.1. The lowest BCUT2D eigenvalue weighted by molar-refractivity contribution is 0.0747. The van der Waals surface area contributed by atoms with Gasteiger partial charge in [0.2, 0.25) is 0 Å². The number of nitrogens with two attached hydrogens (primary N) is 1. The van der Waals surface area contributed by atoms with E-state index in [-0.39, 0.29) is 17.5 Å². The summed E-state index contributed by atoms with van der Waals surface area (Å²) in [6.07, 6.45) is 1.64. The van der Waals surface area contributed by atoms with Crippen molar-refractivity contribution in [3.8, 4) is 0 Å². The zero-order valence-corrected chi connectivity index (χ0v) is 12.2. The van der Waals surface area contributed by atoms with Gasteiger partial charge in [0, 0.05) is 25.3 Å². The van der Waals surface area contributed by atoms with Gasteiger partial charge in [0.05, 0.1) is 17.3 Å². The van der Waals surface area contributed by atoms with E-state index in [1.54, 1.807) is 18.1 Å². The molecule has 102 valence electrons. The van der Waals surface area contributed by atoms with Crippen LogP contribution in [-0.2, 0) is 5.54 Å². The van der Waals surface area contributed by atoms with Crippen LogP contribution in [-0.4, -0.2) is 40.2 Å². The Labute approximate surface area is 109 Å². The molecular formula is C13H24N4O. The van der Waals surface area contributed by atoms with E-state index in [4.69, 9.17) is 5.73 Å². The number of amides is 1. The van der Waals surface area contributed by atoms with Crippen molar-refractivity contribution < 1.29 is 4.79 Å². The lowest BCUT2D eigenvalue weighted by Gasteiger charge is -2.24. The van der Waals surface area contributed by atoms with Crippen LogP contribution in [0.2, 0.25) is 0 Å². The van der Waals surface area contributed by atoms with E-state index in [1.807, 2.05) is 18.5 Å². The molecule has 0 fully saturated rings. The second-order valence-corrected chi connectivity index (χ2v) is 5.73. The minimum Gasteiger partial charge on any atom is -0.338 e. The molecule has 5 heteroatoms. The second kappa shape index (κ2) is 5.10. The molecule has 1 heterocycles. The molecule has 5 nitrogen and oxygen atoms in total. The van der Waals surface area contributed by atoms with Crippen molar-refractivity contribution in [1.82, 2.24) is 14.7 Å². The van der Waals surface area contributed by atoms with E-state index in [9.17, 15) is 4.79 Å². The zero-order valence-electron chi connectivity index (χ0n) is 12.2. The van der Waals surface area contributed by atoms with Crippen LogP contribution in [0, 0.1) is 6.92 Å². The highest BCUT2D eigenvalue weighted by molar-refractivity contribution is 5.95. The topological polar surface area (TPSA) is 64.2 Å². The Morgan fingerprint density at radius 3 is 2.50 bits per heavy atom. The van der Waals surface area contributed by atoms with Gasteiger partial charge in [-0.05, 0) is 34.6 Å². The third-order valence-electron chi connectivity index (χ3n) is 3.20. The first-order chi connectivity index (χ1) is 8.20. The first kappa shape index (κ1) is 14.7. The molecule has 0 spiro atoms. The van der Waals surface area contributed by atoms with Gasteiger partial charge in [0.25, 0.3) is 5.91 Å². The number of likely N-dealkylation sites (N-methyl/N-ethyl adjacent to an activating group) is 1. The number of rotatable bonds is 3. The Morgan fingerprint density at radius 1 is 1.56 bits per heavy atom. The van der Waals surface area contributed by atoms with E-state index in [0.717, 1.165) is 5.69 Å². The minimum atomic E-state index is -0.124.